The molecule has 138 valence electrons. The number of aromatic hydroxyl groups is 1. The molecular weight excluding hydrogens is 374 g/mol. The zero-order valence-electron chi connectivity index (χ0n) is 12.5. The van der Waals surface area contributed by atoms with Crippen LogP contribution in [0, 0.1) is 10.1 Å². The lowest BCUT2D eigenvalue weighted by Crippen LogP contribution is -2.46. The third-order valence-electron chi connectivity index (χ3n) is 3.58. The van der Waals surface area contributed by atoms with Crippen LogP contribution in [0.15, 0.2) is 18.2 Å². The Morgan fingerprint density at radius 2 is 1.88 bits per heavy atom. The Morgan fingerprint density at radius 1 is 1.29 bits per heavy atom. The summed E-state index contributed by atoms with van der Waals surface area (Å²) in [6, 6.07) is 2.01. The van der Waals surface area contributed by atoms with Gasteiger partial charge in [0.25, 0.3) is 5.69 Å². The van der Waals surface area contributed by atoms with E-state index < -0.39 is 29.2 Å². The second kappa shape index (κ2) is 9.26. The Balaban J connectivity index is 0.00000264. The van der Waals surface area contributed by atoms with Crippen molar-refractivity contribution in [3.63, 3.8) is 0 Å². The molecule has 1 heterocycles. The van der Waals surface area contributed by atoms with Gasteiger partial charge in [0.2, 0.25) is 0 Å². The number of alkyl halides is 3. The fourth-order valence-electron chi connectivity index (χ4n) is 2.62. The van der Waals surface area contributed by atoms with Crippen LogP contribution in [0.3, 0.4) is 0 Å². The number of nitro groups is 1. The van der Waals surface area contributed by atoms with Crippen molar-refractivity contribution >= 4 is 30.5 Å². The van der Waals surface area contributed by atoms with E-state index in [1.807, 2.05) is 0 Å². The fraction of sp³-hybridized carbons (Fsp3) is 0.538. The molecule has 11 heteroatoms. The van der Waals surface area contributed by atoms with E-state index in [4.69, 9.17) is 0 Å². The average Bonchev–Trinajstić information content (AvgIpc) is 2.44. The first-order chi connectivity index (χ1) is 10.3. The van der Waals surface area contributed by atoms with Gasteiger partial charge in [-0.2, -0.15) is 13.2 Å². The minimum atomic E-state index is -4.46. The quantitative estimate of drug-likeness (QED) is 0.609. The molecule has 1 atom stereocenters. The molecule has 1 fully saturated rings. The number of phenols is 1. The van der Waals surface area contributed by atoms with Crippen molar-refractivity contribution in [3.8, 4) is 5.75 Å². The maximum absolute atomic E-state index is 12.9. The number of hydrogen-bond donors (Lipinski definition) is 2. The number of nitro benzene ring substituents is 1. The molecule has 6 nitrogen and oxygen atoms in total. The van der Waals surface area contributed by atoms with Crippen LogP contribution in [-0.2, 0) is 0 Å². The van der Waals surface area contributed by atoms with Gasteiger partial charge < -0.3 is 10.4 Å². The minimum Gasteiger partial charge on any atom is -0.508 e. The zero-order chi connectivity index (χ0) is 16.3. The van der Waals surface area contributed by atoms with E-state index in [1.165, 1.54) is 0 Å². The number of nitrogens with one attached hydrogen (secondary N) is 1. The van der Waals surface area contributed by atoms with Gasteiger partial charge in [0.15, 0.2) is 0 Å². The van der Waals surface area contributed by atoms with Crippen LogP contribution >= 0.6 is 24.8 Å². The molecule has 1 aromatic rings. The maximum atomic E-state index is 12.9. The smallest absolute Gasteiger partial charge is 0.390 e. The van der Waals surface area contributed by atoms with Crippen molar-refractivity contribution < 1.29 is 23.2 Å². The minimum absolute atomic E-state index is 0. The highest BCUT2D eigenvalue weighted by molar-refractivity contribution is 5.85. The second-order valence-corrected chi connectivity index (χ2v) is 5.12. The molecule has 0 unspecified atom stereocenters. The third-order valence-corrected chi connectivity index (χ3v) is 3.58. The molecule has 24 heavy (non-hydrogen) atoms. The van der Waals surface area contributed by atoms with Gasteiger partial charge in [0.1, 0.15) is 5.75 Å². The van der Waals surface area contributed by atoms with Crippen molar-refractivity contribution in [3.05, 3.63) is 33.9 Å². The van der Waals surface area contributed by atoms with E-state index >= 15 is 0 Å². The van der Waals surface area contributed by atoms with Crippen LogP contribution in [0.1, 0.15) is 18.0 Å². The monoisotopic (exact) mass is 391 g/mol. The lowest BCUT2D eigenvalue weighted by atomic mass is 9.98. The highest BCUT2D eigenvalue weighted by Crippen LogP contribution is 2.39. The summed E-state index contributed by atoms with van der Waals surface area (Å²) >= 11 is 0. The molecule has 1 aromatic carbocycles. The van der Waals surface area contributed by atoms with Gasteiger partial charge >= 0.3 is 6.18 Å². The molecule has 0 radical (unpaired) electrons. The number of halogens is 5. The first kappa shape index (κ1) is 22.7. The summed E-state index contributed by atoms with van der Waals surface area (Å²) in [6.07, 6.45) is -5.66. The zero-order valence-corrected chi connectivity index (χ0v) is 14.1. The van der Waals surface area contributed by atoms with Gasteiger partial charge in [-0.25, -0.2) is 0 Å². The topological polar surface area (TPSA) is 78.6 Å². The molecule has 0 aliphatic carbocycles. The second-order valence-electron chi connectivity index (χ2n) is 5.12. The average molecular weight is 392 g/mol. The number of piperazine rings is 1. The molecular formula is C13H18Cl2F3N3O3. The highest BCUT2D eigenvalue weighted by Gasteiger charge is 2.38. The summed E-state index contributed by atoms with van der Waals surface area (Å²) in [5, 5.41) is 23.7. The van der Waals surface area contributed by atoms with Crippen LogP contribution in [0.2, 0.25) is 0 Å². The van der Waals surface area contributed by atoms with Gasteiger partial charge in [-0.05, 0) is 12.1 Å². The first-order valence-electron chi connectivity index (χ1n) is 6.77. The van der Waals surface area contributed by atoms with Crippen LogP contribution in [0.4, 0.5) is 18.9 Å². The first-order valence-corrected chi connectivity index (χ1v) is 6.77. The van der Waals surface area contributed by atoms with Gasteiger partial charge in [-0.3, -0.25) is 15.0 Å². The van der Waals surface area contributed by atoms with Crippen molar-refractivity contribution in [2.24, 2.45) is 0 Å². The molecule has 0 spiro atoms. The van der Waals surface area contributed by atoms with Crippen LogP contribution < -0.4 is 5.32 Å². The number of phenolic OH excluding ortho intramolecular Hbond substituents is 1. The summed E-state index contributed by atoms with van der Waals surface area (Å²) in [5.74, 6) is -0.289. The molecule has 1 saturated heterocycles. The van der Waals surface area contributed by atoms with E-state index in [1.54, 1.807) is 4.90 Å². The van der Waals surface area contributed by atoms with E-state index in [2.05, 4.69) is 5.32 Å². The highest BCUT2D eigenvalue weighted by atomic mass is 35.5. The Morgan fingerprint density at radius 3 is 2.38 bits per heavy atom. The fourth-order valence-corrected chi connectivity index (χ4v) is 2.62. The number of nitrogens with zero attached hydrogens (tertiary/aromatic N) is 2. The Bertz CT molecular complexity index is 555. The molecule has 0 bridgehead atoms. The van der Waals surface area contributed by atoms with E-state index in [0.29, 0.717) is 26.2 Å². The number of rotatable bonds is 4. The Labute approximate surface area is 149 Å². The number of benzene rings is 1. The van der Waals surface area contributed by atoms with Crippen LogP contribution in [-0.4, -0.2) is 47.3 Å². The lowest BCUT2D eigenvalue weighted by molar-refractivity contribution is -0.386. The van der Waals surface area contributed by atoms with Gasteiger partial charge in [0.05, 0.1) is 22.9 Å². The predicted molar refractivity (Wildman–Crippen MR) is 87.1 cm³/mol. The van der Waals surface area contributed by atoms with Crippen LogP contribution in [0.5, 0.6) is 5.75 Å². The predicted octanol–water partition coefficient (Wildman–Crippen LogP) is 3.04. The van der Waals surface area contributed by atoms with Crippen molar-refractivity contribution in [1.82, 2.24) is 10.2 Å². The van der Waals surface area contributed by atoms with E-state index in [9.17, 15) is 28.4 Å². The van der Waals surface area contributed by atoms with Crippen molar-refractivity contribution in [2.75, 3.05) is 26.2 Å². The van der Waals surface area contributed by atoms with Gasteiger partial charge in [-0.1, -0.05) is 0 Å². The van der Waals surface area contributed by atoms with Crippen molar-refractivity contribution in [2.45, 2.75) is 18.6 Å². The molecule has 0 amide bonds. The third kappa shape index (κ3) is 5.97. The lowest BCUT2D eigenvalue weighted by Gasteiger charge is -2.35. The molecule has 1 aliphatic rings. The number of hydrogen-bond acceptors (Lipinski definition) is 5. The van der Waals surface area contributed by atoms with Gasteiger partial charge in [-0.15, -0.1) is 24.8 Å². The molecule has 1 aliphatic heterocycles. The summed E-state index contributed by atoms with van der Waals surface area (Å²) in [4.78, 5) is 11.9. The summed E-state index contributed by atoms with van der Waals surface area (Å²) in [6.45, 7) is 1.74. The van der Waals surface area contributed by atoms with E-state index in [0.717, 1.165) is 18.2 Å². The summed E-state index contributed by atoms with van der Waals surface area (Å²) in [5.41, 5.74) is -0.519. The molecule has 2 rings (SSSR count). The molecule has 2 N–H and O–H groups in total. The van der Waals surface area contributed by atoms with Crippen molar-refractivity contribution in [1.29, 1.82) is 0 Å². The standard InChI is InChI=1S/C13H16F3N3O3.2ClH/c14-13(15,16)8-12(18-5-3-17-4-6-18)10-7-9(20)1-2-11(10)19(21)22;;/h1-2,7,12,17,20H,3-6,8H2;2*1H/t12-;;/m0../s1. The van der Waals surface area contributed by atoms with Crippen LogP contribution in [0.25, 0.3) is 0 Å². The largest absolute Gasteiger partial charge is 0.508 e. The molecule has 0 saturated carbocycles. The SMILES string of the molecule is Cl.Cl.O=[N+]([O-])c1ccc(O)cc1[C@H](CC(F)(F)F)N1CCNCC1. The Hall–Kier alpha value is -1.29. The normalized spacial score (nSPS) is 16.6. The summed E-state index contributed by atoms with van der Waals surface area (Å²) in [7, 11) is 0. The maximum Gasteiger partial charge on any atom is 0.390 e. The Kier molecular flexibility index (Phi) is 8.76. The van der Waals surface area contributed by atoms with Gasteiger partial charge in [0, 0.05) is 32.2 Å². The molecule has 0 aromatic heterocycles. The summed E-state index contributed by atoms with van der Waals surface area (Å²) < 4.78 is 38.7. The van der Waals surface area contributed by atoms with E-state index in [-0.39, 0.29) is 36.1 Å².